The molecule has 0 unspecified atom stereocenters. The van der Waals surface area contributed by atoms with Gasteiger partial charge in [-0.05, 0) is 70.2 Å². The summed E-state index contributed by atoms with van der Waals surface area (Å²) in [6.45, 7) is 12.7. The van der Waals surface area contributed by atoms with Crippen LogP contribution in [0.3, 0.4) is 0 Å². The van der Waals surface area contributed by atoms with Gasteiger partial charge < -0.3 is 10.6 Å². The predicted molar refractivity (Wildman–Crippen MR) is 165 cm³/mol. The van der Waals surface area contributed by atoms with Crippen LogP contribution in [0, 0.1) is 23.7 Å². The van der Waals surface area contributed by atoms with Gasteiger partial charge in [0.1, 0.15) is 23.1 Å². The topological polar surface area (TPSA) is 71.1 Å². The molecule has 40 heavy (non-hydrogen) atoms. The smallest absolute Gasteiger partial charge is 0.239 e. The van der Waals surface area contributed by atoms with Crippen molar-refractivity contribution in [2.75, 3.05) is 22.4 Å². The highest BCUT2D eigenvalue weighted by Gasteiger charge is 2.17. The standard InChI is InChI=1S/C33H33Cl2N3O2/c1-32(2,3)24-12-16-28(37-30(39)20-34)22(18-24)10-14-26-8-7-9-27(36-26)15-11-23-19-25(33(4,5)6)13-17-29(23)38-31(40)21-35/h7-9,12-13,16-19H,20-21H2,1-6H3,(H,37,39)(H,38,40). The Balaban J connectivity index is 1.99. The maximum atomic E-state index is 12.0. The molecular formula is C33H33Cl2N3O2. The number of carbonyl (C=O) groups excluding carboxylic acids is 2. The Kier molecular flexibility index (Phi) is 10.0. The summed E-state index contributed by atoms with van der Waals surface area (Å²) in [5.41, 5.74) is 5.57. The fourth-order valence-corrected chi connectivity index (χ4v) is 3.78. The number of amides is 2. The van der Waals surface area contributed by atoms with Gasteiger partial charge in [0.15, 0.2) is 0 Å². The third-order valence-electron chi connectivity index (χ3n) is 5.96. The SMILES string of the molecule is CC(C)(C)c1ccc(NC(=O)CCl)c(C#Cc2cccc(C#Cc3cc(C(C)(C)C)ccc3NC(=O)CCl)n2)c1. The van der Waals surface area contributed by atoms with Crippen LogP contribution in [0.4, 0.5) is 11.4 Å². The van der Waals surface area contributed by atoms with Crippen LogP contribution in [-0.2, 0) is 20.4 Å². The summed E-state index contributed by atoms with van der Waals surface area (Å²) in [5.74, 6) is 11.6. The highest BCUT2D eigenvalue weighted by Crippen LogP contribution is 2.28. The molecule has 206 valence electrons. The predicted octanol–water partition coefficient (Wildman–Crippen LogP) is 6.83. The molecule has 0 fully saturated rings. The summed E-state index contributed by atoms with van der Waals surface area (Å²) >= 11 is 11.4. The molecule has 0 saturated heterocycles. The van der Waals surface area contributed by atoms with Crippen LogP contribution in [0.5, 0.6) is 0 Å². The van der Waals surface area contributed by atoms with E-state index in [0.717, 1.165) is 11.1 Å². The number of rotatable bonds is 4. The molecule has 3 aromatic rings. The summed E-state index contributed by atoms with van der Waals surface area (Å²) in [5, 5.41) is 5.62. The Morgan fingerprint density at radius 1 is 0.675 bits per heavy atom. The van der Waals surface area contributed by atoms with Crippen molar-refractivity contribution < 1.29 is 9.59 Å². The molecule has 2 amide bonds. The average molecular weight is 575 g/mol. The van der Waals surface area contributed by atoms with Crippen LogP contribution >= 0.6 is 23.2 Å². The Morgan fingerprint density at radius 3 is 1.43 bits per heavy atom. The fraction of sp³-hybridized carbons (Fsp3) is 0.303. The molecule has 7 heteroatoms. The first-order chi connectivity index (χ1) is 18.8. The van der Waals surface area contributed by atoms with Crippen LogP contribution in [0.2, 0.25) is 0 Å². The van der Waals surface area contributed by atoms with Crippen LogP contribution in [0.25, 0.3) is 0 Å². The van der Waals surface area contributed by atoms with Crippen molar-refractivity contribution in [3.8, 4) is 23.7 Å². The van der Waals surface area contributed by atoms with Gasteiger partial charge in [-0.25, -0.2) is 4.98 Å². The lowest BCUT2D eigenvalue weighted by molar-refractivity contribution is -0.114. The van der Waals surface area contributed by atoms with Crippen LogP contribution in [0.1, 0.15) is 75.2 Å². The summed E-state index contributed by atoms with van der Waals surface area (Å²) in [6.07, 6.45) is 0. The van der Waals surface area contributed by atoms with Crippen molar-refractivity contribution in [1.29, 1.82) is 0 Å². The number of benzene rings is 2. The highest BCUT2D eigenvalue weighted by atomic mass is 35.5. The van der Waals surface area contributed by atoms with Crippen LogP contribution in [-0.4, -0.2) is 28.6 Å². The molecule has 3 rings (SSSR count). The van der Waals surface area contributed by atoms with Crippen molar-refractivity contribution >= 4 is 46.4 Å². The number of nitrogens with zero attached hydrogens (tertiary/aromatic N) is 1. The number of hydrogen-bond acceptors (Lipinski definition) is 3. The van der Waals surface area contributed by atoms with E-state index >= 15 is 0 Å². The van der Waals surface area contributed by atoms with Gasteiger partial charge in [0.25, 0.3) is 0 Å². The number of carbonyl (C=O) groups is 2. The minimum Gasteiger partial charge on any atom is -0.324 e. The van der Waals surface area contributed by atoms with E-state index in [9.17, 15) is 9.59 Å². The van der Waals surface area contributed by atoms with Crippen molar-refractivity contribution in [1.82, 2.24) is 4.98 Å². The van der Waals surface area contributed by atoms with Gasteiger partial charge in [-0.2, -0.15) is 0 Å². The Labute approximate surface area is 247 Å². The van der Waals surface area contributed by atoms with Crippen LogP contribution in [0.15, 0.2) is 54.6 Å². The van der Waals surface area contributed by atoms with Crippen molar-refractivity contribution in [2.24, 2.45) is 0 Å². The summed E-state index contributed by atoms with van der Waals surface area (Å²) in [7, 11) is 0. The lowest BCUT2D eigenvalue weighted by atomic mass is 9.86. The van der Waals surface area contributed by atoms with Gasteiger partial charge in [0.2, 0.25) is 11.8 Å². The van der Waals surface area contributed by atoms with Gasteiger partial charge in [0, 0.05) is 11.1 Å². The van der Waals surface area contributed by atoms with E-state index in [1.807, 2.05) is 42.5 Å². The fourth-order valence-electron chi connectivity index (χ4n) is 3.65. The van der Waals surface area contributed by atoms with E-state index in [1.54, 1.807) is 12.1 Å². The van der Waals surface area contributed by atoms with E-state index in [2.05, 4.69) is 80.8 Å². The molecule has 2 N–H and O–H groups in total. The molecular weight excluding hydrogens is 541 g/mol. The van der Waals surface area contributed by atoms with Crippen molar-refractivity contribution in [3.63, 3.8) is 0 Å². The lowest BCUT2D eigenvalue weighted by Crippen LogP contribution is -2.15. The minimum atomic E-state index is -0.305. The largest absolute Gasteiger partial charge is 0.324 e. The van der Waals surface area contributed by atoms with Crippen molar-refractivity contribution in [2.45, 2.75) is 52.4 Å². The second-order valence-corrected chi connectivity index (χ2v) is 11.8. The summed E-state index contributed by atoms with van der Waals surface area (Å²) < 4.78 is 0. The molecule has 0 spiro atoms. The van der Waals surface area contributed by atoms with E-state index in [-0.39, 0.29) is 34.4 Å². The minimum absolute atomic E-state index is 0.0917. The number of aromatic nitrogens is 1. The zero-order valence-corrected chi connectivity index (χ0v) is 25.1. The van der Waals surface area contributed by atoms with Gasteiger partial charge in [-0.3, -0.25) is 9.59 Å². The number of nitrogens with one attached hydrogen (secondary N) is 2. The van der Waals surface area contributed by atoms with E-state index < -0.39 is 0 Å². The number of alkyl halides is 2. The highest BCUT2D eigenvalue weighted by molar-refractivity contribution is 6.29. The number of pyridine rings is 1. The third kappa shape index (κ3) is 8.62. The monoisotopic (exact) mass is 573 g/mol. The molecule has 0 radical (unpaired) electrons. The molecule has 0 aliphatic rings. The third-order valence-corrected chi connectivity index (χ3v) is 6.45. The van der Waals surface area contributed by atoms with Gasteiger partial charge in [-0.1, -0.05) is 71.6 Å². The lowest BCUT2D eigenvalue weighted by Gasteiger charge is -2.20. The summed E-state index contributed by atoms with van der Waals surface area (Å²) in [6, 6.07) is 17.0. The van der Waals surface area contributed by atoms with Gasteiger partial charge >= 0.3 is 0 Å². The summed E-state index contributed by atoms with van der Waals surface area (Å²) in [4.78, 5) is 28.5. The first-order valence-electron chi connectivity index (χ1n) is 12.8. The maximum absolute atomic E-state index is 12.0. The zero-order valence-electron chi connectivity index (χ0n) is 23.6. The molecule has 0 aliphatic carbocycles. The number of anilines is 2. The van der Waals surface area contributed by atoms with E-state index in [0.29, 0.717) is 33.9 Å². The first-order valence-corrected chi connectivity index (χ1v) is 13.9. The number of hydrogen-bond donors (Lipinski definition) is 2. The quantitative estimate of drug-likeness (QED) is 0.265. The second-order valence-electron chi connectivity index (χ2n) is 11.3. The molecule has 0 bridgehead atoms. The molecule has 0 saturated carbocycles. The second kappa shape index (κ2) is 13.1. The Morgan fingerprint density at radius 2 is 1.07 bits per heavy atom. The van der Waals surface area contributed by atoms with E-state index in [4.69, 9.17) is 23.2 Å². The molecule has 1 aromatic heterocycles. The first kappa shape index (κ1) is 30.8. The number of halogens is 2. The molecule has 2 aromatic carbocycles. The molecule has 0 atom stereocenters. The van der Waals surface area contributed by atoms with Gasteiger partial charge in [0.05, 0.1) is 11.4 Å². The van der Waals surface area contributed by atoms with Crippen molar-refractivity contribution in [3.05, 3.63) is 88.2 Å². The van der Waals surface area contributed by atoms with Gasteiger partial charge in [-0.15, -0.1) is 23.2 Å². The average Bonchev–Trinajstić information content (AvgIpc) is 2.90. The van der Waals surface area contributed by atoms with Crippen LogP contribution < -0.4 is 10.6 Å². The Hall–Kier alpha value is -3.77. The molecule has 1 heterocycles. The normalized spacial score (nSPS) is 11.0. The zero-order chi connectivity index (χ0) is 29.5. The maximum Gasteiger partial charge on any atom is 0.239 e. The Bertz CT molecular complexity index is 1430. The molecule has 5 nitrogen and oxygen atoms in total. The van der Waals surface area contributed by atoms with E-state index in [1.165, 1.54) is 0 Å². The molecule has 0 aliphatic heterocycles.